The molecule has 0 spiro atoms. The van der Waals surface area contributed by atoms with Gasteiger partial charge in [0.1, 0.15) is 12.2 Å². The van der Waals surface area contributed by atoms with Crippen LogP contribution in [-0.2, 0) is 20.7 Å². The first kappa shape index (κ1) is 14.4. The van der Waals surface area contributed by atoms with Crippen LogP contribution in [0.4, 0.5) is 0 Å². The summed E-state index contributed by atoms with van der Waals surface area (Å²) in [5.41, 5.74) is 1.90. The van der Waals surface area contributed by atoms with E-state index < -0.39 is 11.9 Å². The van der Waals surface area contributed by atoms with E-state index in [2.05, 4.69) is 13.8 Å². The van der Waals surface area contributed by atoms with Crippen LogP contribution in [0.2, 0.25) is 0 Å². The zero-order chi connectivity index (χ0) is 13.5. The minimum absolute atomic E-state index is 0.286. The molecule has 3 nitrogen and oxygen atoms in total. The molecule has 1 rings (SSSR count). The van der Waals surface area contributed by atoms with E-state index in [1.807, 2.05) is 24.3 Å². The largest absolute Gasteiger partial charge is 0.465 e. The number of hydrogen-bond donors (Lipinski definition) is 0. The van der Waals surface area contributed by atoms with E-state index in [1.54, 1.807) is 6.92 Å². The number of hydrogen-bond acceptors (Lipinski definition) is 3. The third-order valence-electron chi connectivity index (χ3n) is 2.66. The molecule has 1 aromatic carbocycles. The van der Waals surface area contributed by atoms with Crippen LogP contribution in [-0.4, -0.2) is 18.9 Å². The first-order valence-corrected chi connectivity index (χ1v) is 6.29. The minimum atomic E-state index is -0.807. The zero-order valence-corrected chi connectivity index (χ0v) is 11.2. The van der Waals surface area contributed by atoms with Crippen molar-refractivity contribution in [1.29, 1.82) is 0 Å². The first-order chi connectivity index (χ1) is 8.58. The Labute approximate surface area is 108 Å². The zero-order valence-electron chi connectivity index (χ0n) is 11.2. The van der Waals surface area contributed by atoms with E-state index in [0.29, 0.717) is 17.8 Å². The number of benzene rings is 1. The van der Waals surface area contributed by atoms with Crippen molar-refractivity contribution >= 4 is 12.3 Å². The highest BCUT2D eigenvalue weighted by molar-refractivity contribution is 5.94. The predicted octanol–water partition coefficient (Wildman–Crippen LogP) is 2.73. The molecule has 0 aliphatic rings. The molecular formula is C15H20O3. The van der Waals surface area contributed by atoms with Crippen LogP contribution in [0.1, 0.15) is 37.8 Å². The van der Waals surface area contributed by atoms with Gasteiger partial charge < -0.3 is 9.53 Å². The topological polar surface area (TPSA) is 43.4 Å². The van der Waals surface area contributed by atoms with Crippen LogP contribution >= 0.6 is 0 Å². The van der Waals surface area contributed by atoms with Crippen molar-refractivity contribution in [2.45, 2.75) is 33.1 Å². The predicted molar refractivity (Wildman–Crippen MR) is 70.4 cm³/mol. The lowest BCUT2D eigenvalue weighted by atomic mass is 9.96. The molecule has 0 aliphatic carbocycles. The molecule has 0 bridgehead atoms. The van der Waals surface area contributed by atoms with E-state index in [1.165, 1.54) is 5.56 Å². The third-order valence-corrected chi connectivity index (χ3v) is 2.66. The molecule has 0 unspecified atom stereocenters. The van der Waals surface area contributed by atoms with Gasteiger partial charge in [-0.2, -0.15) is 0 Å². The Kier molecular flexibility index (Phi) is 5.56. The van der Waals surface area contributed by atoms with Crippen molar-refractivity contribution in [3.05, 3.63) is 35.4 Å². The third kappa shape index (κ3) is 3.99. The van der Waals surface area contributed by atoms with Gasteiger partial charge in [0.05, 0.1) is 6.61 Å². The molecule has 1 aromatic rings. The van der Waals surface area contributed by atoms with Gasteiger partial charge in [-0.05, 0) is 30.4 Å². The number of carbonyl (C=O) groups is 2. The van der Waals surface area contributed by atoms with E-state index in [9.17, 15) is 9.59 Å². The number of carbonyl (C=O) groups excluding carboxylic acids is 2. The fraction of sp³-hybridized carbons (Fsp3) is 0.467. The second-order valence-electron chi connectivity index (χ2n) is 4.71. The number of esters is 1. The maximum atomic E-state index is 11.6. The van der Waals surface area contributed by atoms with Gasteiger partial charge in [-0.3, -0.25) is 4.79 Å². The van der Waals surface area contributed by atoms with Crippen LogP contribution in [0.5, 0.6) is 0 Å². The van der Waals surface area contributed by atoms with Gasteiger partial charge >= 0.3 is 5.97 Å². The molecule has 0 aliphatic heterocycles. The summed E-state index contributed by atoms with van der Waals surface area (Å²) >= 11 is 0. The second-order valence-corrected chi connectivity index (χ2v) is 4.71. The standard InChI is InChI=1S/C15H20O3/c1-4-18-15(17)14(10-16)13-7-5-12(6-8-13)9-11(2)3/h5-8,10-11,14H,4,9H2,1-3H3/t14-/m1/s1. The van der Waals surface area contributed by atoms with Gasteiger partial charge in [-0.15, -0.1) is 0 Å². The summed E-state index contributed by atoms with van der Waals surface area (Å²) in [6, 6.07) is 7.58. The van der Waals surface area contributed by atoms with E-state index >= 15 is 0 Å². The van der Waals surface area contributed by atoms with Crippen LogP contribution in [0.15, 0.2) is 24.3 Å². The van der Waals surface area contributed by atoms with E-state index in [-0.39, 0.29) is 6.61 Å². The van der Waals surface area contributed by atoms with Crippen LogP contribution in [0, 0.1) is 5.92 Å². The number of ether oxygens (including phenoxy) is 1. The highest BCUT2D eigenvalue weighted by Crippen LogP contribution is 2.17. The molecule has 98 valence electrons. The molecule has 3 heteroatoms. The van der Waals surface area contributed by atoms with Crippen molar-refractivity contribution in [2.24, 2.45) is 5.92 Å². The fourth-order valence-electron chi connectivity index (χ4n) is 1.83. The van der Waals surface area contributed by atoms with Gasteiger partial charge in [-0.25, -0.2) is 0 Å². The van der Waals surface area contributed by atoms with Crippen LogP contribution < -0.4 is 0 Å². The summed E-state index contributed by atoms with van der Waals surface area (Å²) in [6.07, 6.45) is 1.63. The molecule has 0 radical (unpaired) electrons. The number of rotatable bonds is 6. The van der Waals surface area contributed by atoms with Crippen molar-refractivity contribution < 1.29 is 14.3 Å². The lowest BCUT2D eigenvalue weighted by Crippen LogP contribution is -2.17. The first-order valence-electron chi connectivity index (χ1n) is 6.29. The van der Waals surface area contributed by atoms with Gasteiger partial charge in [0, 0.05) is 0 Å². The molecule has 0 N–H and O–H groups in total. The maximum absolute atomic E-state index is 11.6. The summed E-state index contributed by atoms with van der Waals surface area (Å²) < 4.78 is 4.87. The Balaban J connectivity index is 2.81. The van der Waals surface area contributed by atoms with E-state index in [0.717, 1.165) is 6.42 Å². The van der Waals surface area contributed by atoms with Crippen molar-refractivity contribution in [3.8, 4) is 0 Å². The average molecular weight is 248 g/mol. The van der Waals surface area contributed by atoms with Crippen LogP contribution in [0.3, 0.4) is 0 Å². The second kappa shape index (κ2) is 6.94. The summed E-state index contributed by atoms with van der Waals surface area (Å²) in [6.45, 7) is 6.32. The quantitative estimate of drug-likeness (QED) is 0.441. The summed E-state index contributed by atoms with van der Waals surface area (Å²) in [4.78, 5) is 22.6. The molecule has 0 amide bonds. The average Bonchev–Trinajstić information content (AvgIpc) is 2.32. The van der Waals surface area contributed by atoms with Crippen molar-refractivity contribution in [2.75, 3.05) is 6.61 Å². The summed E-state index contributed by atoms with van der Waals surface area (Å²) in [5.74, 6) is -0.704. The van der Waals surface area contributed by atoms with Crippen LogP contribution in [0.25, 0.3) is 0 Å². The Bertz CT molecular complexity index is 393. The molecule has 0 aromatic heterocycles. The Morgan fingerprint density at radius 2 is 1.89 bits per heavy atom. The smallest absolute Gasteiger partial charge is 0.320 e. The van der Waals surface area contributed by atoms with Gasteiger partial charge in [-0.1, -0.05) is 38.1 Å². The maximum Gasteiger partial charge on any atom is 0.320 e. The fourth-order valence-corrected chi connectivity index (χ4v) is 1.83. The lowest BCUT2D eigenvalue weighted by Gasteiger charge is -2.11. The molecule has 0 fully saturated rings. The van der Waals surface area contributed by atoms with Gasteiger partial charge in [0.2, 0.25) is 0 Å². The number of aldehydes is 1. The Morgan fingerprint density at radius 1 is 1.28 bits per heavy atom. The molecule has 0 saturated heterocycles. The summed E-state index contributed by atoms with van der Waals surface area (Å²) in [5, 5.41) is 0. The van der Waals surface area contributed by atoms with Crippen molar-refractivity contribution in [3.63, 3.8) is 0 Å². The van der Waals surface area contributed by atoms with Gasteiger partial charge in [0.15, 0.2) is 0 Å². The highest BCUT2D eigenvalue weighted by atomic mass is 16.5. The molecule has 0 saturated carbocycles. The Morgan fingerprint density at radius 3 is 2.33 bits per heavy atom. The van der Waals surface area contributed by atoms with Crippen molar-refractivity contribution in [1.82, 2.24) is 0 Å². The molecule has 0 heterocycles. The molecular weight excluding hydrogens is 228 g/mol. The lowest BCUT2D eigenvalue weighted by molar-refractivity contribution is -0.146. The van der Waals surface area contributed by atoms with Gasteiger partial charge in [0.25, 0.3) is 0 Å². The highest BCUT2D eigenvalue weighted by Gasteiger charge is 2.20. The monoisotopic (exact) mass is 248 g/mol. The molecule has 18 heavy (non-hydrogen) atoms. The SMILES string of the molecule is CCOC(=O)[C@H](C=O)c1ccc(CC(C)C)cc1. The normalized spacial score (nSPS) is 12.2. The summed E-state index contributed by atoms with van der Waals surface area (Å²) in [7, 11) is 0. The Hall–Kier alpha value is -1.64. The molecule has 1 atom stereocenters. The van der Waals surface area contributed by atoms with E-state index in [4.69, 9.17) is 4.74 Å². The minimum Gasteiger partial charge on any atom is -0.465 e.